The molecule has 0 fully saturated rings. The van der Waals surface area contributed by atoms with E-state index >= 15 is 0 Å². The van der Waals surface area contributed by atoms with Crippen molar-refractivity contribution >= 4 is 17.6 Å². The monoisotopic (exact) mass is 288 g/mol. The standard InChI is InChI=1S/C15H20N4O2/c1-10(13(20)19-15(2,3)4)17-14(21)18-12-7-5-6-11(8-12)9-16/h5-8,10H,1-4H3,(H,19,20)(H2,17,18,21)/t10-/m1/s1. The first-order valence-electron chi connectivity index (χ1n) is 6.61. The zero-order valence-electron chi connectivity index (χ0n) is 12.7. The zero-order chi connectivity index (χ0) is 16.0. The third-order valence-corrected chi connectivity index (χ3v) is 2.49. The highest BCUT2D eigenvalue weighted by molar-refractivity contribution is 5.93. The molecule has 1 atom stereocenters. The van der Waals surface area contributed by atoms with E-state index in [-0.39, 0.29) is 11.4 Å². The predicted molar refractivity (Wildman–Crippen MR) is 80.7 cm³/mol. The molecule has 6 nitrogen and oxygen atoms in total. The van der Waals surface area contributed by atoms with E-state index in [1.54, 1.807) is 31.2 Å². The molecule has 112 valence electrons. The summed E-state index contributed by atoms with van der Waals surface area (Å²) in [5, 5.41) is 16.7. The van der Waals surface area contributed by atoms with Crippen LogP contribution in [0.15, 0.2) is 24.3 Å². The van der Waals surface area contributed by atoms with E-state index in [1.165, 1.54) is 0 Å². The van der Waals surface area contributed by atoms with Gasteiger partial charge in [-0.2, -0.15) is 5.26 Å². The molecule has 3 N–H and O–H groups in total. The van der Waals surface area contributed by atoms with Crippen molar-refractivity contribution in [1.29, 1.82) is 5.26 Å². The summed E-state index contributed by atoms with van der Waals surface area (Å²) in [7, 11) is 0. The molecule has 0 aliphatic carbocycles. The summed E-state index contributed by atoms with van der Waals surface area (Å²) in [5.74, 6) is -0.261. The number of carbonyl (C=O) groups excluding carboxylic acids is 2. The van der Waals surface area contributed by atoms with E-state index in [2.05, 4.69) is 16.0 Å². The Morgan fingerprint density at radius 2 is 1.95 bits per heavy atom. The quantitative estimate of drug-likeness (QED) is 0.793. The number of anilines is 1. The molecule has 0 heterocycles. The van der Waals surface area contributed by atoms with Crippen LogP contribution < -0.4 is 16.0 Å². The van der Waals surface area contributed by atoms with E-state index < -0.39 is 12.1 Å². The molecule has 0 radical (unpaired) electrons. The molecule has 0 unspecified atom stereocenters. The number of rotatable bonds is 3. The van der Waals surface area contributed by atoms with Gasteiger partial charge in [0.25, 0.3) is 0 Å². The minimum absolute atomic E-state index is 0.261. The van der Waals surface area contributed by atoms with E-state index in [9.17, 15) is 9.59 Å². The molecule has 0 aliphatic rings. The number of nitrogens with one attached hydrogen (secondary N) is 3. The maximum atomic E-state index is 11.9. The third-order valence-electron chi connectivity index (χ3n) is 2.49. The summed E-state index contributed by atoms with van der Waals surface area (Å²) < 4.78 is 0. The van der Waals surface area contributed by atoms with Gasteiger partial charge in [0.1, 0.15) is 6.04 Å². The number of hydrogen-bond acceptors (Lipinski definition) is 3. The normalized spacial score (nSPS) is 12.0. The van der Waals surface area contributed by atoms with Crippen molar-refractivity contribution in [1.82, 2.24) is 10.6 Å². The fourth-order valence-corrected chi connectivity index (χ4v) is 1.57. The van der Waals surface area contributed by atoms with Gasteiger partial charge in [0.2, 0.25) is 5.91 Å². The van der Waals surface area contributed by atoms with Gasteiger partial charge in [-0.05, 0) is 45.9 Å². The van der Waals surface area contributed by atoms with Crippen molar-refractivity contribution in [3.8, 4) is 6.07 Å². The van der Waals surface area contributed by atoms with Crippen LogP contribution in [0, 0.1) is 11.3 Å². The van der Waals surface area contributed by atoms with Crippen molar-refractivity contribution in [2.24, 2.45) is 0 Å². The van der Waals surface area contributed by atoms with E-state index in [1.807, 2.05) is 26.8 Å². The van der Waals surface area contributed by atoms with Crippen LogP contribution in [0.5, 0.6) is 0 Å². The highest BCUT2D eigenvalue weighted by atomic mass is 16.2. The van der Waals surface area contributed by atoms with Gasteiger partial charge in [-0.15, -0.1) is 0 Å². The maximum absolute atomic E-state index is 11.9. The number of carbonyl (C=O) groups is 2. The highest BCUT2D eigenvalue weighted by Gasteiger charge is 2.20. The molecule has 6 heteroatoms. The summed E-state index contributed by atoms with van der Waals surface area (Å²) in [6.07, 6.45) is 0. The summed E-state index contributed by atoms with van der Waals surface area (Å²) in [6.45, 7) is 7.20. The molecule has 0 saturated carbocycles. The lowest BCUT2D eigenvalue weighted by Crippen LogP contribution is -2.51. The third kappa shape index (κ3) is 5.95. The van der Waals surface area contributed by atoms with Gasteiger partial charge >= 0.3 is 6.03 Å². The second-order valence-electron chi connectivity index (χ2n) is 5.75. The molecule has 0 aliphatic heterocycles. The number of urea groups is 1. The van der Waals surface area contributed by atoms with Crippen LogP contribution in [0.2, 0.25) is 0 Å². The number of nitrogens with zero attached hydrogens (tertiary/aromatic N) is 1. The van der Waals surface area contributed by atoms with E-state index in [0.717, 1.165) is 0 Å². The first-order chi connectivity index (χ1) is 9.71. The fraction of sp³-hybridized carbons (Fsp3) is 0.400. The average Bonchev–Trinajstić information content (AvgIpc) is 2.36. The first-order valence-corrected chi connectivity index (χ1v) is 6.61. The van der Waals surface area contributed by atoms with Crippen molar-refractivity contribution in [2.75, 3.05) is 5.32 Å². The van der Waals surface area contributed by atoms with Crippen LogP contribution in [0.1, 0.15) is 33.3 Å². The first kappa shape index (κ1) is 16.5. The van der Waals surface area contributed by atoms with Crippen molar-refractivity contribution in [3.05, 3.63) is 29.8 Å². The summed E-state index contributed by atoms with van der Waals surface area (Å²) in [5.41, 5.74) is 0.589. The predicted octanol–water partition coefficient (Wildman–Crippen LogP) is 1.98. The van der Waals surface area contributed by atoms with Gasteiger partial charge in [0, 0.05) is 11.2 Å². The SMILES string of the molecule is C[C@@H](NC(=O)Nc1cccc(C#N)c1)C(=O)NC(C)(C)C. The second-order valence-corrected chi connectivity index (χ2v) is 5.75. The molecule has 0 aromatic heterocycles. The lowest BCUT2D eigenvalue weighted by Gasteiger charge is -2.23. The molecule has 21 heavy (non-hydrogen) atoms. The molecule has 1 rings (SSSR count). The van der Waals surface area contributed by atoms with Gasteiger partial charge in [-0.1, -0.05) is 6.07 Å². The Labute approximate surface area is 124 Å². The molecule has 0 bridgehead atoms. The smallest absolute Gasteiger partial charge is 0.319 e. The second kappa shape index (κ2) is 6.75. The lowest BCUT2D eigenvalue weighted by atomic mass is 10.1. The largest absolute Gasteiger partial charge is 0.350 e. The molecule has 0 spiro atoms. The summed E-state index contributed by atoms with van der Waals surface area (Å²) >= 11 is 0. The fourth-order valence-electron chi connectivity index (χ4n) is 1.57. The molecule has 1 aromatic carbocycles. The van der Waals surface area contributed by atoms with E-state index in [4.69, 9.17) is 5.26 Å². The molecule has 1 aromatic rings. The lowest BCUT2D eigenvalue weighted by molar-refractivity contribution is -0.123. The molecular weight excluding hydrogens is 268 g/mol. The van der Waals surface area contributed by atoms with Gasteiger partial charge in [-0.3, -0.25) is 4.79 Å². The summed E-state index contributed by atoms with van der Waals surface area (Å²) in [6, 6.07) is 7.36. The van der Waals surface area contributed by atoms with Crippen LogP contribution in [0.3, 0.4) is 0 Å². The van der Waals surface area contributed by atoms with Crippen LogP contribution in [-0.2, 0) is 4.79 Å². The van der Waals surface area contributed by atoms with Gasteiger partial charge in [0.05, 0.1) is 11.6 Å². The van der Waals surface area contributed by atoms with Crippen molar-refractivity contribution < 1.29 is 9.59 Å². The molecule has 3 amide bonds. The minimum atomic E-state index is -0.664. The van der Waals surface area contributed by atoms with Crippen LogP contribution in [0.4, 0.5) is 10.5 Å². The Morgan fingerprint density at radius 3 is 2.52 bits per heavy atom. The van der Waals surface area contributed by atoms with Gasteiger partial charge in [0.15, 0.2) is 0 Å². The number of amides is 3. The average molecular weight is 288 g/mol. The Bertz CT molecular complexity index is 570. The molecule has 0 saturated heterocycles. The minimum Gasteiger partial charge on any atom is -0.350 e. The van der Waals surface area contributed by atoms with Gasteiger partial charge < -0.3 is 16.0 Å². The van der Waals surface area contributed by atoms with E-state index in [0.29, 0.717) is 11.3 Å². The van der Waals surface area contributed by atoms with Crippen LogP contribution in [0.25, 0.3) is 0 Å². The number of nitriles is 1. The molecular formula is C15H20N4O2. The Balaban J connectivity index is 2.57. The topological polar surface area (TPSA) is 94.0 Å². The number of hydrogen-bond donors (Lipinski definition) is 3. The van der Waals surface area contributed by atoms with Crippen LogP contribution >= 0.6 is 0 Å². The zero-order valence-corrected chi connectivity index (χ0v) is 12.7. The summed E-state index contributed by atoms with van der Waals surface area (Å²) in [4.78, 5) is 23.7. The Hall–Kier alpha value is -2.55. The van der Waals surface area contributed by atoms with Crippen molar-refractivity contribution in [2.45, 2.75) is 39.3 Å². The Morgan fingerprint density at radius 1 is 1.29 bits per heavy atom. The van der Waals surface area contributed by atoms with Crippen molar-refractivity contribution in [3.63, 3.8) is 0 Å². The van der Waals surface area contributed by atoms with Crippen LogP contribution in [-0.4, -0.2) is 23.5 Å². The Kier molecular flexibility index (Phi) is 5.30. The number of benzene rings is 1. The van der Waals surface area contributed by atoms with Gasteiger partial charge in [-0.25, -0.2) is 4.79 Å². The highest BCUT2D eigenvalue weighted by Crippen LogP contribution is 2.09. The maximum Gasteiger partial charge on any atom is 0.319 e.